The molecule has 0 saturated carbocycles. The molecule has 1 atom stereocenters. The molecule has 26 heavy (non-hydrogen) atoms. The fourth-order valence-electron chi connectivity index (χ4n) is 3.72. The number of rotatable bonds is 3. The van der Waals surface area contributed by atoms with Gasteiger partial charge in [-0.05, 0) is 56.5 Å². The maximum atomic E-state index is 12.3. The summed E-state index contributed by atoms with van der Waals surface area (Å²) in [5.41, 5.74) is 1.90. The van der Waals surface area contributed by atoms with Crippen LogP contribution in [0.3, 0.4) is 0 Å². The molecule has 2 N–H and O–H groups in total. The Bertz CT molecular complexity index is 737. The van der Waals surface area contributed by atoms with Crippen molar-refractivity contribution in [2.75, 3.05) is 18.4 Å². The van der Waals surface area contributed by atoms with Gasteiger partial charge in [-0.3, -0.25) is 4.79 Å². The number of nitrogens with one attached hydrogen (secondary N) is 2. The molecule has 1 saturated heterocycles. The number of anilines is 1. The van der Waals surface area contributed by atoms with Gasteiger partial charge in [-0.2, -0.15) is 0 Å². The van der Waals surface area contributed by atoms with E-state index in [1.54, 1.807) is 0 Å². The number of fused-ring (bicyclic) bond motifs is 1. The minimum absolute atomic E-state index is 0. The highest BCUT2D eigenvalue weighted by atomic mass is 35.5. The quantitative estimate of drug-likeness (QED) is 0.864. The highest BCUT2D eigenvalue weighted by molar-refractivity contribution is 5.93. The van der Waals surface area contributed by atoms with Crippen LogP contribution in [-0.2, 0) is 17.8 Å². The molecule has 1 unspecified atom stereocenters. The van der Waals surface area contributed by atoms with Gasteiger partial charge in [0.15, 0.2) is 5.82 Å². The van der Waals surface area contributed by atoms with Crippen molar-refractivity contribution in [3.63, 3.8) is 0 Å². The molecule has 0 spiro atoms. The second-order valence-corrected chi connectivity index (χ2v) is 7.01. The Morgan fingerprint density at radius 3 is 2.73 bits per heavy atom. The molecule has 2 aromatic rings. The van der Waals surface area contributed by atoms with Crippen molar-refractivity contribution in [1.29, 1.82) is 0 Å². The van der Waals surface area contributed by atoms with Gasteiger partial charge in [0.05, 0.1) is 5.92 Å². The van der Waals surface area contributed by atoms with E-state index in [0.29, 0.717) is 0 Å². The van der Waals surface area contributed by atoms with E-state index in [4.69, 9.17) is 0 Å². The normalized spacial score (nSPS) is 19.8. The lowest BCUT2D eigenvalue weighted by Crippen LogP contribution is -2.37. The van der Waals surface area contributed by atoms with Crippen LogP contribution < -0.4 is 10.6 Å². The average Bonchev–Trinajstić information content (AvgIpc) is 2.91. The molecular formula is C19H26ClN5O. The van der Waals surface area contributed by atoms with Gasteiger partial charge in [0, 0.05) is 30.8 Å². The molecule has 2 aliphatic rings. The highest BCUT2D eigenvalue weighted by Gasteiger charge is 2.21. The Labute approximate surface area is 160 Å². The number of nitrogens with zero attached hydrogens (tertiary/aromatic N) is 3. The van der Waals surface area contributed by atoms with Crippen molar-refractivity contribution in [2.45, 2.75) is 45.1 Å². The summed E-state index contributed by atoms with van der Waals surface area (Å²) in [4.78, 5) is 12.3. The number of piperidine rings is 1. The van der Waals surface area contributed by atoms with E-state index >= 15 is 0 Å². The first-order valence-corrected chi connectivity index (χ1v) is 9.35. The molecule has 4 rings (SSSR count). The highest BCUT2D eigenvalue weighted by Crippen LogP contribution is 2.24. The van der Waals surface area contributed by atoms with Crippen LogP contribution in [0, 0.1) is 5.92 Å². The van der Waals surface area contributed by atoms with Gasteiger partial charge in [-0.15, -0.1) is 22.6 Å². The zero-order chi connectivity index (χ0) is 17.1. The molecule has 1 amide bonds. The van der Waals surface area contributed by atoms with Crippen LogP contribution in [0.4, 0.5) is 5.69 Å². The standard InChI is InChI=1S/C19H25N5O.ClH/c25-19(15-5-4-11-20-13-15)21-16-9-7-14(8-10-16)18-23-22-17-6-2-1-3-12-24(17)18;/h7-10,15,20H,1-6,11-13H2,(H,21,25);1H. The second kappa shape index (κ2) is 8.64. The molecule has 1 fully saturated rings. The number of halogens is 1. The number of amides is 1. The summed E-state index contributed by atoms with van der Waals surface area (Å²) in [5, 5.41) is 15.1. The predicted molar refractivity (Wildman–Crippen MR) is 104 cm³/mol. The fraction of sp³-hybridized carbons (Fsp3) is 0.526. The third-order valence-corrected chi connectivity index (χ3v) is 5.19. The first-order chi connectivity index (χ1) is 12.3. The van der Waals surface area contributed by atoms with Gasteiger partial charge in [0.2, 0.25) is 5.91 Å². The maximum Gasteiger partial charge on any atom is 0.228 e. The van der Waals surface area contributed by atoms with Crippen LogP contribution in [0.2, 0.25) is 0 Å². The first-order valence-electron chi connectivity index (χ1n) is 9.35. The minimum Gasteiger partial charge on any atom is -0.326 e. The second-order valence-electron chi connectivity index (χ2n) is 7.01. The number of carbonyl (C=O) groups is 1. The molecule has 1 aromatic carbocycles. The summed E-state index contributed by atoms with van der Waals surface area (Å²) in [6.07, 6.45) is 6.67. The van der Waals surface area contributed by atoms with Crippen molar-refractivity contribution in [1.82, 2.24) is 20.1 Å². The van der Waals surface area contributed by atoms with E-state index in [9.17, 15) is 4.79 Å². The van der Waals surface area contributed by atoms with Crippen LogP contribution in [-0.4, -0.2) is 33.8 Å². The Morgan fingerprint density at radius 1 is 1.12 bits per heavy atom. The van der Waals surface area contributed by atoms with Crippen LogP contribution in [0.5, 0.6) is 0 Å². The summed E-state index contributed by atoms with van der Waals surface area (Å²) >= 11 is 0. The van der Waals surface area contributed by atoms with E-state index < -0.39 is 0 Å². The Kier molecular flexibility index (Phi) is 6.27. The molecule has 140 valence electrons. The fourth-order valence-corrected chi connectivity index (χ4v) is 3.72. The number of hydrogen-bond acceptors (Lipinski definition) is 4. The van der Waals surface area contributed by atoms with Crippen molar-refractivity contribution in [3.05, 3.63) is 30.1 Å². The number of benzene rings is 1. The summed E-state index contributed by atoms with van der Waals surface area (Å²) in [6.45, 7) is 2.78. The van der Waals surface area contributed by atoms with Crippen molar-refractivity contribution in [2.24, 2.45) is 5.92 Å². The van der Waals surface area contributed by atoms with Crippen molar-refractivity contribution < 1.29 is 4.79 Å². The zero-order valence-corrected chi connectivity index (χ0v) is 15.7. The van der Waals surface area contributed by atoms with Crippen LogP contribution in [0.1, 0.15) is 37.9 Å². The maximum absolute atomic E-state index is 12.3. The number of aryl methyl sites for hydroxylation is 1. The molecule has 1 aromatic heterocycles. The lowest BCUT2D eigenvalue weighted by atomic mass is 9.99. The van der Waals surface area contributed by atoms with Crippen molar-refractivity contribution >= 4 is 24.0 Å². The van der Waals surface area contributed by atoms with Gasteiger partial charge < -0.3 is 15.2 Å². The van der Waals surface area contributed by atoms with Crippen LogP contribution in [0.15, 0.2) is 24.3 Å². The predicted octanol–water partition coefficient (Wildman–Crippen LogP) is 3.03. The summed E-state index contributed by atoms with van der Waals surface area (Å²) in [7, 11) is 0. The van der Waals surface area contributed by atoms with Gasteiger partial charge >= 0.3 is 0 Å². The number of hydrogen-bond donors (Lipinski definition) is 2. The number of aromatic nitrogens is 3. The molecule has 6 nitrogen and oxygen atoms in total. The van der Waals surface area contributed by atoms with Gasteiger partial charge in [0.1, 0.15) is 5.82 Å². The Balaban J connectivity index is 0.00000196. The molecule has 2 aliphatic heterocycles. The van der Waals surface area contributed by atoms with Crippen LogP contribution >= 0.6 is 12.4 Å². The lowest BCUT2D eigenvalue weighted by molar-refractivity contribution is -0.120. The third-order valence-electron chi connectivity index (χ3n) is 5.19. The lowest BCUT2D eigenvalue weighted by Gasteiger charge is -2.21. The molecule has 0 bridgehead atoms. The largest absolute Gasteiger partial charge is 0.326 e. The molecule has 7 heteroatoms. The van der Waals surface area contributed by atoms with E-state index in [0.717, 1.165) is 61.8 Å². The van der Waals surface area contributed by atoms with Gasteiger partial charge in [-0.25, -0.2) is 0 Å². The zero-order valence-electron chi connectivity index (χ0n) is 14.9. The SMILES string of the molecule is Cl.O=C(Nc1ccc(-c2nnc3n2CCCCC3)cc1)C1CCCNC1. The summed E-state index contributed by atoms with van der Waals surface area (Å²) < 4.78 is 2.24. The molecule has 0 aliphatic carbocycles. The van der Waals surface area contributed by atoms with E-state index in [1.807, 2.05) is 24.3 Å². The number of carbonyl (C=O) groups excluding carboxylic acids is 1. The van der Waals surface area contributed by atoms with Gasteiger partial charge in [0.25, 0.3) is 0 Å². The monoisotopic (exact) mass is 375 g/mol. The van der Waals surface area contributed by atoms with E-state index in [2.05, 4.69) is 25.4 Å². The summed E-state index contributed by atoms with van der Waals surface area (Å²) in [6, 6.07) is 7.97. The Morgan fingerprint density at radius 2 is 1.96 bits per heavy atom. The average molecular weight is 376 g/mol. The van der Waals surface area contributed by atoms with E-state index in [-0.39, 0.29) is 24.2 Å². The topological polar surface area (TPSA) is 71.8 Å². The van der Waals surface area contributed by atoms with Gasteiger partial charge in [-0.1, -0.05) is 6.42 Å². The third kappa shape index (κ3) is 4.07. The van der Waals surface area contributed by atoms with E-state index in [1.165, 1.54) is 19.3 Å². The summed E-state index contributed by atoms with van der Waals surface area (Å²) in [5.74, 6) is 2.21. The first kappa shape index (κ1) is 18.9. The molecule has 3 heterocycles. The molecule has 0 radical (unpaired) electrons. The van der Waals surface area contributed by atoms with Crippen molar-refractivity contribution in [3.8, 4) is 11.4 Å². The smallest absolute Gasteiger partial charge is 0.228 e. The Hall–Kier alpha value is -1.92. The van der Waals surface area contributed by atoms with Crippen LogP contribution in [0.25, 0.3) is 11.4 Å². The minimum atomic E-state index is 0. The molecular weight excluding hydrogens is 350 g/mol.